The number of methoxy groups -OCH3 is 2. The second-order valence-corrected chi connectivity index (χ2v) is 8.09. The van der Waals surface area contributed by atoms with Crippen LogP contribution in [-0.2, 0) is 9.47 Å². The Bertz CT molecular complexity index is 389. The van der Waals surface area contributed by atoms with Gasteiger partial charge in [0.15, 0.2) is 0 Å². The molecule has 4 unspecified atom stereocenters. The van der Waals surface area contributed by atoms with Crippen LogP contribution in [0.4, 0.5) is 0 Å². The fourth-order valence-electron chi connectivity index (χ4n) is 6.10. The average Bonchev–Trinajstić information content (AvgIpc) is 3.06. The Morgan fingerprint density at radius 1 is 0.810 bits per heavy atom. The Kier molecular flexibility index (Phi) is 3.57. The number of rotatable bonds is 5. The highest BCUT2D eigenvalue weighted by Crippen LogP contribution is 2.56. The Balaban J connectivity index is 1.62. The minimum Gasteiger partial charge on any atom is -0.384 e. The summed E-state index contributed by atoms with van der Waals surface area (Å²) in [6.07, 6.45) is 4.02. The molecule has 0 aromatic heterocycles. The summed E-state index contributed by atoms with van der Waals surface area (Å²) in [7, 11) is 3.77. The molecule has 5 fully saturated rings. The van der Waals surface area contributed by atoms with Crippen molar-refractivity contribution in [1.29, 1.82) is 0 Å². The molecule has 0 amide bonds. The van der Waals surface area contributed by atoms with Crippen molar-refractivity contribution in [2.24, 2.45) is 22.7 Å². The maximum Gasteiger partial charge on any atom is 0.0534 e. The second-order valence-electron chi connectivity index (χ2n) is 8.09. The van der Waals surface area contributed by atoms with Crippen molar-refractivity contribution in [3.05, 3.63) is 0 Å². The van der Waals surface area contributed by atoms with Crippen LogP contribution in [0.25, 0.3) is 0 Å². The first kappa shape index (κ1) is 14.4. The lowest BCUT2D eigenvalue weighted by Crippen LogP contribution is -2.61. The Labute approximate surface area is 128 Å². The SMILES string of the molecule is COCC12CCN(CC1)CC2C1CN2CCC1(COC)C2. The maximum absolute atomic E-state index is 5.70. The van der Waals surface area contributed by atoms with E-state index in [1.165, 1.54) is 58.5 Å². The van der Waals surface area contributed by atoms with E-state index in [9.17, 15) is 0 Å². The normalized spacial score (nSPS) is 51.7. The molecule has 21 heavy (non-hydrogen) atoms. The van der Waals surface area contributed by atoms with Gasteiger partial charge in [-0.15, -0.1) is 0 Å². The van der Waals surface area contributed by atoms with E-state index in [4.69, 9.17) is 9.47 Å². The minimum absolute atomic E-state index is 0.429. The third-order valence-electron chi connectivity index (χ3n) is 7.15. The van der Waals surface area contributed by atoms with Crippen LogP contribution < -0.4 is 0 Å². The van der Waals surface area contributed by atoms with Crippen molar-refractivity contribution < 1.29 is 9.47 Å². The third-order valence-corrected chi connectivity index (χ3v) is 7.15. The van der Waals surface area contributed by atoms with Crippen LogP contribution >= 0.6 is 0 Å². The van der Waals surface area contributed by atoms with Gasteiger partial charge in [-0.25, -0.2) is 0 Å². The molecule has 5 aliphatic rings. The molecule has 4 bridgehead atoms. The van der Waals surface area contributed by atoms with E-state index < -0.39 is 0 Å². The van der Waals surface area contributed by atoms with Gasteiger partial charge in [0.25, 0.3) is 0 Å². The summed E-state index contributed by atoms with van der Waals surface area (Å²) in [5.41, 5.74) is 0.874. The van der Waals surface area contributed by atoms with E-state index in [-0.39, 0.29) is 0 Å². The van der Waals surface area contributed by atoms with Crippen LogP contribution in [-0.4, -0.2) is 76.5 Å². The lowest BCUT2D eigenvalue weighted by atomic mass is 9.56. The number of hydrogen-bond donors (Lipinski definition) is 0. The van der Waals surface area contributed by atoms with Gasteiger partial charge >= 0.3 is 0 Å². The summed E-state index contributed by atoms with van der Waals surface area (Å²) < 4.78 is 11.4. The lowest BCUT2D eigenvalue weighted by Gasteiger charge is -2.58. The van der Waals surface area contributed by atoms with Gasteiger partial charge in [0.1, 0.15) is 0 Å². The van der Waals surface area contributed by atoms with Crippen LogP contribution in [0.1, 0.15) is 19.3 Å². The number of piperidine rings is 4. The largest absolute Gasteiger partial charge is 0.384 e. The van der Waals surface area contributed by atoms with Crippen LogP contribution in [0.15, 0.2) is 0 Å². The summed E-state index contributed by atoms with van der Waals surface area (Å²) in [5.74, 6) is 1.62. The van der Waals surface area contributed by atoms with E-state index in [0.29, 0.717) is 10.8 Å². The highest BCUT2D eigenvalue weighted by Gasteiger charge is 2.59. The summed E-state index contributed by atoms with van der Waals surface area (Å²) in [6, 6.07) is 0. The zero-order chi connectivity index (χ0) is 14.5. The molecule has 120 valence electrons. The molecule has 0 aromatic rings. The van der Waals surface area contributed by atoms with Gasteiger partial charge in [-0.05, 0) is 50.7 Å². The monoisotopic (exact) mass is 294 g/mol. The summed E-state index contributed by atoms with van der Waals surface area (Å²) in [5, 5.41) is 0. The molecule has 0 N–H and O–H groups in total. The zero-order valence-corrected chi connectivity index (χ0v) is 13.6. The first-order valence-corrected chi connectivity index (χ1v) is 8.64. The Morgan fingerprint density at radius 3 is 2.00 bits per heavy atom. The first-order chi connectivity index (χ1) is 10.2. The summed E-state index contributed by atoms with van der Waals surface area (Å²) in [6.45, 7) is 9.64. The predicted molar refractivity (Wildman–Crippen MR) is 82.3 cm³/mol. The van der Waals surface area contributed by atoms with Gasteiger partial charge in [-0.2, -0.15) is 0 Å². The quantitative estimate of drug-likeness (QED) is 0.763. The van der Waals surface area contributed by atoms with Gasteiger partial charge in [-0.1, -0.05) is 0 Å². The van der Waals surface area contributed by atoms with Crippen LogP contribution in [0.5, 0.6) is 0 Å². The summed E-state index contributed by atoms with van der Waals surface area (Å²) >= 11 is 0. The van der Waals surface area contributed by atoms with Gasteiger partial charge < -0.3 is 19.3 Å². The molecule has 5 rings (SSSR count). The molecule has 5 saturated heterocycles. The smallest absolute Gasteiger partial charge is 0.0534 e. The second kappa shape index (κ2) is 5.19. The molecule has 5 heterocycles. The van der Waals surface area contributed by atoms with Gasteiger partial charge in [-0.3, -0.25) is 0 Å². The van der Waals surface area contributed by atoms with Crippen LogP contribution in [0.3, 0.4) is 0 Å². The van der Waals surface area contributed by atoms with E-state index >= 15 is 0 Å². The zero-order valence-electron chi connectivity index (χ0n) is 13.6. The van der Waals surface area contributed by atoms with Crippen LogP contribution in [0.2, 0.25) is 0 Å². The van der Waals surface area contributed by atoms with E-state index in [1.54, 1.807) is 0 Å². The molecule has 0 saturated carbocycles. The fourth-order valence-corrected chi connectivity index (χ4v) is 6.10. The van der Waals surface area contributed by atoms with E-state index in [0.717, 1.165) is 25.0 Å². The lowest BCUT2D eigenvalue weighted by molar-refractivity contribution is -0.122. The first-order valence-electron chi connectivity index (χ1n) is 8.64. The van der Waals surface area contributed by atoms with Gasteiger partial charge in [0.2, 0.25) is 0 Å². The summed E-state index contributed by atoms with van der Waals surface area (Å²) in [4.78, 5) is 5.38. The van der Waals surface area contributed by atoms with E-state index in [2.05, 4.69) is 9.80 Å². The number of fused-ring (bicyclic) bond motifs is 5. The average molecular weight is 294 g/mol. The van der Waals surface area contributed by atoms with Crippen molar-refractivity contribution >= 4 is 0 Å². The molecule has 4 atom stereocenters. The van der Waals surface area contributed by atoms with Crippen molar-refractivity contribution in [3.8, 4) is 0 Å². The Hall–Kier alpha value is -0.160. The standard InChI is InChI=1S/C17H30N2O2/c1-20-12-16-3-6-18(7-4-16)9-14(16)15-10-19-8-5-17(15,11-19)13-21-2/h14-15H,3-13H2,1-2H3. The highest BCUT2D eigenvalue weighted by molar-refractivity contribution is 5.10. The predicted octanol–water partition coefficient (Wildman–Crippen LogP) is 1.31. The number of hydrogen-bond acceptors (Lipinski definition) is 4. The highest BCUT2D eigenvalue weighted by atomic mass is 16.5. The molecule has 4 nitrogen and oxygen atoms in total. The third kappa shape index (κ3) is 2.10. The number of nitrogens with zero attached hydrogens (tertiary/aromatic N) is 2. The van der Waals surface area contributed by atoms with Gasteiger partial charge in [0.05, 0.1) is 13.2 Å². The molecule has 4 heteroatoms. The van der Waals surface area contributed by atoms with Crippen LogP contribution in [0, 0.1) is 22.7 Å². The van der Waals surface area contributed by atoms with Crippen molar-refractivity contribution in [3.63, 3.8) is 0 Å². The van der Waals surface area contributed by atoms with Crippen molar-refractivity contribution in [1.82, 2.24) is 9.80 Å². The molecule has 5 aliphatic heterocycles. The van der Waals surface area contributed by atoms with E-state index in [1.807, 2.05) is 14.2 Å². The van der Waals surface area contributed by atoms with Gasteiger partial charge in [0, 0.05) is 44.7 Å². The molecule has 0 aliphatic carbocycles. The van der Waals surface area contributed by atoms with Crippen molar-refractivity contribution in [2.75, 3.05) is 66.7 Å². The minimum atomic E-state index is 0.429. The van der Waals surface area contributed by atoms with Crippen molar-refractivity contribution in [2.45, 2.75) is 19.3 Å². The molecular formula is C17H30N2O2. The topological polar surface area (TPSA) is 24.9 Å². The molecule has 0 radical (unpaired) electrons. The number of ether oxygens (including phenoxy) is 2. The maximum atomic E-state index is 5.70. The molecular weight excluding hydrogens is 264 g/mol. The Morgan fingerprint density at radius 2 is 1.33 bits per heavy atom. The molecule has 0 spiro atoms. The molecule has 0 aromatic carbocycles. The fraction of sp³-hybridized carbons (Fsp3) is 1.00.